The summed E-state index contributed by atoms with van der Waals surface area (Å²) in [6, 6.07) is 5.39. The zero-order valence-electron chi connectivity index (χ0n) is 14.5. The molecule has 1 aromatic carbocycles. The Morgan fingerprint density at radius 2 is 1.96 bits per heavy atom. The monoisotopic (exact) mass is 329 g/mol. The summed E-state index contributed by atoms with van der Waals surface area (Å²) in [5.41, 5.74) is 8.11. The van der Waals surface area contributed by atoms with Gasteiger partial charge in [0, 0.05) is 17.3 Å². The Bertz CT molecular complexity index is 758. The number of carbonyl (C=O) groups is 1. The second-order valence-electron chi connectivity index (χ2n) is 6.22. The molecule has 0 unspecified atom stereocenters. The maximum Gasteiger partial charge on any atom is 0.271 e. The molecule has 0 fully saturated rings. The van der Waals surface area contributed by atoms with Crippen molar-refractivity contribution in [2.45, 2.75) is 52.7 Å². The first-order valence-corrected chi connectivity index (χ1v) is 8.24. The maximum atomic E-state index is 13.2. The number of rotatable bonds is 4. The molecule has 0 bridgehead atoms. The zero-order chi connectivity index (χ0) is 17.5. The predicted octanol–water partition coefficient (Wildman–Crippen LogP) is 3.36. The summed E-state index contributed by atoms with van der Waals surface area (Å²) in [6.45, 7) is 8.08. The van der Waals surface area contributed by atoms with Crippen LogP contribution in [0.25, 0.3) is 0 Å². The molecule has 128 valence electrons. The van der Waals surface area contributed by atoms with Crippen molar-refractivity contribution in [3.05, 3.63) is 35.2 Å². The van der Waals surface area contributed by atoms with E-state index in [0.717, 1.165) is 22.7 Å². The molecule has 0 saturated heterocycles. The number of aryl methyl sites for hydroxylation is 2. The maximum absolute atomic E-state index is 13.2. The average Bonchev–Trinajstić information content (AvgIpc) is 2.88. The molecule has 24 heavy (non-hydrogen) atoms. The molecule has 1 aromatic heterocycles. The molecular formula is C18H23N3O3. The molecule has 2 N–H and O–H groups in total. The number of ether oxygens (including phenoxy) is 1. The third kappa shape index (κ3) is 2.42. The SMILES string of the molecule is CCC1(CC)Oc2cc(N)ccc2N(Cc2c(C)noc2C)C1=O. The van der Waals surface area contributed by atoms with Gasteiger partial charge in [-0.25, -0.2) is 0 Å². The third-order valence-corrected chi connectivity index (χ3v) is 4.85. The van der Waals surface area contributed by atoms with Crippen LogP contribution in [0.4, 0.5) is 11.4 Å². The van der Waals surface area contributed by atoms with Crippen LogP contribution in [0.15, 0.2) is 22.7 Å². The first-order chi connectivity index (χ1) is 11.4. The van der Waals surface area contributed by atoms with E-state index in [2.05, 4.69) is 5.16 Å². The number of nitrogens with two attached hydrogens (primary N) is 1. The normalized spacial score (nSPS) is 16.0. The van der Waals surface area contributed by atoms with E-state index in [0.29, 0.717) is 30.8 Å². The van der Waals surface area contributed by atoms with Crippen LogP contribution >= 0.6 is 0 Å². The van der Waals surface area contributed by atoms with Crippen LogP contribution in [0, 0.1) is 13.8 Å². The van der Waals surface area contributed by atoms with E-state index in [1.54, 1.807) is 17.0 Å². The summed E-state index contributed by atoms with van der Waals surface area (Å²) < 4.78 is 11.4. The Hall–Kier alpha value is -2.50. The molecule has 2 heterocycles. The molecule has 6 heteroatoms. The van der Waals surface area contributed by atoms with Gasteiger partial charge in [0.15, 0.2) is 5.60 Å². The third-order valence-electron chi connectivity index (χ3n) is 4.85. The van der Waals surface area contributed by atoms with Gasteiger partial charge in [-0.1, -0.05) is 19.0 Å². The van der Waals surface area contributed by atoms with Crippen LogP contribution < -0.4 is 15.4 Å². The standard InChI is InChI=1S/C18H23N3O3/c1-5-18(6-2)17(22)21(10-14-11(3)20-24-12(14)4)15-8-7-13(19)9-16(15)23-18/h7-9H,5-6,10,19H2,1-4H3. The van der Waals surface area contributed by atoms with E-state index in [4.69, 9.17) is 15.0 Å². The number of hydrogen-bond donors (Lipinski definition) is 1. The van der Waals surface area contributed by atoms with Crippen molar-refractivity contribution in [1.82, 2.24) is 5.16 Å². The summed E-state index contributed by atoms with van der Waals surface area (Å²) in [7, 11) is 0. The summed E-state index contributed by atoms with van der Waals surface area (Å²) in [5.74, 6) is 1.33. The highest BCUT2D eigenvalue weighted by Crippen LogP contribution is 2.42. The Kier molecular flexibility index (Phi) is 3.99. The van der Waals surface area contributed by atoms with Crippen LogP contribution in [0.5, 0.6) is 5.75 Å². The number of benzene rings is 1. The Labute approximate surface area is 141 Å². The van der Waals surface area contributed by atoms with Gasteiger partial charge in [0.2, 0.25) is 0 Å². The number of aromatic nitrogens is 1. The Morgan fingerprint density at radius 3 is 2.54 bits per heavy atom. The lowest BCUT2D eigenvalue weighted by atomic mass is 9.92. The van der Waals surface area contributed by atoms with E-state index >= 15 is 0 Å². The van der Waals surface area contributed by atoms with E-state index in [1.807, 2.05) is 33.8 Å². The van der Waals surface area contributed by atoms with Crippen LogP contribution in [0.1, 0.15) is 43.7 Å². The van der Waals surface area contributed by atoms with Crippen LogP contribution in [-0.2, 0) is 11.3 Å². The molecule has 0 saturated carbocycles. The van der Waals surface area contributed by atoms with E-state index < -0.39 is 5.60 Å². The number of carbonyl (C=O) groups excluding carboxylic acids is 1. The van der Waals surface area contributed by atoms with Gasteiger partial charge < -0.3 is 19.9 Å². The molecule has 3 rings (SSSR count). The van der Waals surface area contributed by atoms with Crippen LogP contribution in [0.3, 0.4) is 0 Å². The highest BCUT2D eigenvalue weighted by atomic mass is 16.5. The van der Waals surface area contributed by atoms with Gasteiger partial charge in [-0.15, -0.1) is 0 Å². The topological polar surface area (TPSA) is 81.6 Å². The average molecular weight is 329 g/mol. The fourth-order valence-corrected chi connectivity index (χ4v) is 3.18. The van der Waals surface area contributed by atoms with Gasteiger partial charge in [-0.05, 0) is 38.8 Å². The molecule has 0 atom stereocenters. The van der Waals surface area contributed by atoms with Crippen molar-refractivity contribution < 1.29 is 14.1 Å². The van der Waals surface area contributed by atoms with E-state index in [1.165, 1.54) is 0 Å². The predicted molar refractivity (Wildman–Crippen MR) is 92.0 cm³/mol. The smallest absolute Gasteiger partial charge is 0.271 e. The quantitative estimate of drug-likeness (QED) is 0.870. The second kappa shape index (κ2) is 5.85. The fraction of sp³-hybridized carbons (Fsp3) is 0.444. The summed E-state index contributed by atoms with van der Waals surface area (Å²) in [4.78, 5) is 15.0. The molecule has 2 aromatic rings. The van der Waals surface area contributed by atoms with Crippen LogP contribution in [0.2, 0.25) is 0 Å². The molecular weight excluding hydrogens is 306 g/mol. The van der Waals surface area contributed by atoms with Crippen molar-refractivity contribution in [3.63, 3.8) is 0 Å². The van der Waals surface area contributed by atoms with Gasteiger partial charge in [0.25, 0.3) is 5.91 Å². The Balaban J connectivity index is 2.10. The number of amides is 1. The first-order valence-electron chi connectivity index (χ1n) is 8.24. The summed E-state index contributed by atoms with van der Waals surface area (Å²) in [5, 5.41) is 3.99. The highest BCUT2D eigenvalue weighted by Gasteiger charge is 2.46. The van der Waals surface area contributed by atoms with Gasteiger partial charge in [-0.3, -0.25) is 4.79 Å². The van der Waals surface area contributed by atoms with Gasteiger partial charge in [0.1, 0.15) is 11.5 Å². The zero-order valence-corrected chi connectivity index (χ0v) is 14.5. The molecule has 6 nitrogen and oxygen atoms in total. The molecule has 0 aliphatic carbocycles. The van der Waals surface area contributed by atoms with Crippen molar-refractivity contribution in [3.8, 4) is 5.75 Å². The fourth-order valence-electron chi connectivity index (χ4n) is 3.18. The summed E-state index contributed by atoms with van der Waals surface area (Å²) >= 11 is 0. The number of fused-ring (bicyclic) bond motifs is 1. The molecule has 1 amide bonds. The Morgan fingerprint density at radius 1 is 1.25 bits per heavy atom. The number of nitrogens with zero attached hydrogens (tertiary/aromatic N) is 2. The van der Waals surface area contributed by atoms with Gasteiger partial charge in [-0.2, -0.15) is 0 Å². The lowest BCUT2D eigenvalue weighted by Gasteiger charge is -2.42. The van der Waals surface area contributed by atoms with E-state index in [9.17, 15) is 4.79 Å². The highest BCUT2D eigenvalue weighted by molar-refractivity contribution is 6.03. The van der Waals surface area contributed by atoms with Crippen molar-refractivity contribution >= 4 is 17.3 Å². The van der Waals surface area contributed by atoms with Gasteiger partial charge in [0.05, 0.1) is 17.9 Å². The minimum Gasteiger partial charge on any atom is -0.475 e. The number of nitrogen functional groups attached to an aromatic ring is 1. The first kappa shape index (κ1) is 16.4. The largest absolute Gasteiger partial charge is 0.475 e. The lowest BCUT2D eigenvalue weighted by molar-refractivity contribution is -0.136. The van der Waals surface area contributed by atoms with Crippen molar-refractivity contribution in [2.24, 2.45) is 0 Å². The molecule has 1 aliphatic rings. The van der Waals surface area contributed by atoms with Crippen molar-refractivity contribution in [1.29, 1.82) is 0 Å². The van der Waals surface area contributed by atoms with E-state index in [-0.39, 0.29) is 5.91 Å². The number of hydrogen-bond acceptors (Lipinski definition) is 5. The van der Waals surface area contributed by atoms with Gasteiger partial charge >= 0.3 is 0 Å². The number of anilines is 2. The minimum absolute atomic E-state index is 0.0372. The minimum atomic E-state index is -0.861. The van der Waals surface area contributed by atoms with Crippen LogP contribution in [-0.4, -0.2) is 16.7 Å². The lowest BCUT2D eigenvalue weighted by Crippen LogP contribution is -2.55. The second-order valence-corrected chi connectivity index (χ2v) is 6.22. The van der Waals surface area contributed by atoms with Crippen molar-refractivity contribution in [2.75, 3.05) is 10.6 Å². The molecule has 1 aliphatic heterocycles. The molecule has 0 spiro atoms. The molecule has 0 radical (unpaired) electrons. The summed E-state index contributed by atoms with van der Waals surface area (Å²) in [6.07, 6.45) is 1.18.